The number of amides is 1. The fourth-order valence-electron chi connectivity index (χ4n) is 4.38. The Kier molecular flexibility index (Phi) is 8.10. The number of nitrogens with two attached hydrogens (primary N) is 1. The van der Waals surface area contributed by atoms with E-state index < -0.39 is 32.5 Å². The SMILES string of the molecule is CS(=O)(=O)C(N)C1CCC(COCc2csc3nc(C(=O)NCc4ccc(F)c(Cl)c4)[nH]c(=O)c23)C1. The van der Waals surface area contributed by atoms with Crippen LogP contribution in [-0.4, -0.2) is 42.5 Å². The molecule has 2 aromatic heterocycles. The number of ether oxygens (including phenoxy) is 1. The van der Waals surface area contributed by atoms with E-state index in [9.17, 15) is 22.4 Å². The number of aromatic amines is 1. The van der Waals surface area contributed by atoms with Crippen molar-refractivity contribution in [2.45, 2.75) is 37.8 Å². The molecule has 1 amide bonds. The van der Waals surface area contributed by atoms with E-state index in [4.69, 9.17) is 22.1 Å². The molecule has 0 radical (unpaired) electrons. The van der Waals surface area contributed by atoms with Gasteiger partial charge in [-0.2, -0.15) is 0 Å². The molecule has 0 aliphatic heterocycles. The minimum absolute atomic E-state index is 0.0479. The summed E-state index contributed by atoms with van der Waals surface area (Å²) in [7, 11) is -3.28. The van der Waals surface area contributed by atoms with Crippen molar-refractivity contribution in [3.05, 3.63) is 61.7 Å². The quantitative estimate of drug-likeness (QED) is 0.367. The zero-order chi connectivity index (χ0) is 26.0. The third-order valence-corrected chi connectivity index (χ3v) is 8.91. The van der Waals surface area contributed by atoms with Crippen LogP contribution in [0.2, 0.25) is 5.02 Å². The summed E-state index contributed by atoms with van der Waals surface area (Å²) in [5, 5.41) is 3.86. The molecule has 36 heavy (non-hydrogen) atoms. The number of rotatable bonds is 9. The van der Waals surface area contributed by atoms with Gasteiger partial charge in [-0.15, -0.1) is 11.3 Å². The lowest BCUT2D eigenvalue weighted by Crippen LogP contribution is -2.36. The number of benzene rings is 1. The minimum Gasteiger partial charge on any atom is -0.376 e. The highest BCUT2D eigenvalue weighted by Crippen LogP contribution is 2.34. The first-order valence-electron chi connectivity index (χ1n) is 11.3. The highest BCUT2D eigenvalue weighted by molar-refractivity contribution is 7.91. The van der Waals surface area contributed by atoms with Crippen molar-refractivity contribution in [3.63, 3.8) is 0 Å². The van der Waals surface area contributed by atoms with Crippen LogP contribution in [0.25, 0.3) is 10.2 Å². The molecule has 1 saturated carbocycles. The summed E-state index contributed by atoms with van der Waals surface area (Å²) in [4.78, 5) is 32.4. The molecule has 3 unspecified atom stereocenters. The van der Waals surface area contributed by atoms with Crippen LogP contribution in [0.15, 0.2) is 28.4 Å². The van der Waals surface area contributed by atoms with Crippen LogP contribution in [0.3, 0.4) is 0 Å². The van der Waals surface area contributed by atoms with E-state index in [2.05, 4.69) is 15.3 Å². The van der Waals surface area contributed by atoms with E-state index in [0.29, 0.717) is 34.4 Å². The Bertz CT molecular complexity index is 1440. The van der Waals surface area contributed by atoms with Crippen LogP contribution in [0.5, 0.6) is 0 Å². The van der Waals surface area contributed by atoms with Gasteiger partial charge in [-0.25, -0.2) is 17.8 Å². The van der Waals surface area contributed by atoms with E-state index in [1.54, 1.807) is 5.38 Å². The predicted octanol–water partition coefficient (Wildman–Crippen LogP) is 2.97. The van der Waals surface area contributed by atoms with Crippen molar-refractivity contribution in [2.24, 2.45) is 17.6 Å². The van der Waals surface area contributed by atoms with Crippen LogP contribution >= 0.6 is 22.9 Å². The molecule has 0 bridgehead atoms. The highest BCUT2D eigenvalue weighted by atomic mass is 35.5. The fraction of sp³-hybridized carbons (Fsp3) is 0.435. The van der Waals surface area contributed by atoms with Gasteiger partial charge in [0.05, 0.1) is 17.0 Å². The van der Waals surface area contributed by atoms with Crippen molar-refractivity contribution in [2.75, 3.05) is 12.9 Å². The Morgan fingerprint density at radius 1 is 1.42 bits per heavy atom. The number of aromatic nitrogens is 2. The number of hydrogen-bond acceptors (Lipinski definition) is 8. The molecule has 1 aromatic carbocycles. The van der Waals surface area contributed by atoms with Crippen LogP contribution in [0.4, 0.5) is 4.39 Å². The molecule has 3 aromatic rings. The Morgan fingerprint density at radius 2 is 2.19 bits per heavy atom. The van der Waals surface area contributed by atoms with Crippen molar-refractivity contribution < 1.29 is 22.3 Å². The highest BCUT2D eigenvalue weighted by Gasteiger charge is 2.33. The summed E-state index contributed by atoms with van der Waals surface area (Å²) in [5.74, 6) is -1.13. The topological polar surface area (TPSA) is 144 Å². The molecular formula is C23H26ClFN4O5S2. The first-order chi connectivity index (χ1) is 17.0. The molecule has 3 atom stereocenters. The van der Waals surface area contributed by atoms with Crippen molar-refractivity contribution in [1.29, 1.82) is 0 Å². The average Bonchev–Trinajstić information content (AvgIpc) is 3.46. The van der Waals surface area contributed by atoms with Crippen molar-refractivity contribution in [1.82, 2.24) is 15.3 Å². The summed E-state index contributed by atoms with van der Waals surface area (Å²) in [5.41, 5.74) is 6.69. The van der Waals surface area contributed by atoms with Gasteiger partial charge in [0.15, 0.2) is 9.84 Å². The Hall–Kier alpha value is -2.38. The molecule has 0 saturated heterocycles. The largest absolute Gasteiger partial charge is 0.376 e. The lowest BCUT2D eigenvalue weighted by atomic mass is 10.1. The molecule has 4 N–H and O–H groups in total. The number of hydrogen-bond donors (Lipinski definition) is 3. The smallest absolute Gasteiger partial charge is 0.287 e. The number of halogens is 2. The summed E-state index contributed by atoms with van der Waals surface area (Å²) in [6.07, 6.45) is 3.42. The minimum atomic E-state index is -3.28. The zero-order valence-electron chi connectivity index (χ0n) is 19.4. The van der Waals surface area contributed by atoms with Crippen molar-refractivity contribution >= 4 is 48.9 Å². The molecule has 13 heteroatoms. The zero-order valence-corrected chi connectivity index (χ0v) is 21.8. The van der Waals surface area contributed by atoms with Gasteiger partial charge in [0.2, 0.25) is 5.82 Å². The van der Waals surface area contributed by atoms with E-state index in [-0.39, 0.29) is 35.8 Å². The number of fused-ring (bicyclic) bond motifs is 1. The van der Waals surface area contributed by atoms with Crippen LogP contribution in [-0.2, 0) is 27.7 Å². The fourth-order valence-corrected chi connectivity index (χ4v) is 6.46. The molecule has 4 rings (SSSR count). The number of sulfone groups is 1. The summed E-state index contributed by atoms with van der Waals surface area (Å²) in [6.45, 7) is 0.714. The maximum atomic E-state index is 13.3. The van der Waals surface area contributed by atoms with E-state index in [0.717, 1.165) is 19.1 Å². The van der Waals surface area contributed by atoms with Gasteiger partial charge in [0, 0.05) is 25.0 Å². The first-order valence-corrected chi connectivity index (χ1v) is 14.5. The number of carbonyl (C=O) groups excluding carboxylic acids is 1. The number of thiophene rings is 1. The predicted molar refractivity (Wildman–Crippen MR) is 136 cm³/mol. The molecule has 194 valence electrons. The Balaban J connectivity index is 1.35. The van der Waals surface area contributed by atoms with Gasteiger partial charge in [-0.1, -0.05) is 17.7 Å². The number of carbonyl (C=O) groups is 1. The lowest BCUT2D eigenvalue weighted by Gasteiger charge is -2.17. The summed E-state index contributed by atoms with van der Waals surface area (Å²) < 4.78 is 42.5. The van der Waals surface area contributed by atoms with Crippen molar-refractivity contribution in [3.8, 4) is 0 Å². The van der Waals surface area contributed by atoms with Gasteiger partial charge < -0.3 is 20.8 Å². The third kappa shape index (κ3) is 6.12. The average molecular weight is 557 g/mol. The van der Waals surface area contributed by atoms with Crippen LogP contribution < -0.4 is 16.6 Å². The molecule has 0 spiro atoms. The summed E-state index contributed by atoms with van der Waals surface area (Å²) >= 11 is 6.99. The van der Waals surface area contributed by atoms with E-state index in [1.807, 2.05) is 0 Å². The second-order valence-electron chi connectivity index (χ2n) is 9.04. The van der Waals surface area contributed by atoms with Crippen LogP contribution in [0.1, 0.15) is 41.0 Å². The molecule has 1 fully saturated rings. The second kappa shape index (κ2) is 10.9. The first kappa shape index (κ1) is 26.7. The third-order valence-electron chi connectivity index (χ3n) is 6.32. The van der Waals surface area contributed by atoms with E-state index >= 15 is 0 Å². The molecule has 1 aliphatic rings. The second-order valence-corrected chi connectivity index (χ2v) is 12.5. The molecule has 9 nitrogen and oxygen atoms in total. The monoisotopic (exact) mass is 556 g/mol. The van der Waals surface area contributed by atoms with Gasteiger partial charge in [0.25, 0.3) is 11.5 Å². The van der Waals surface area contributed by atoms with Gasteiger partial charge >= 0.3 is 0 Å². The number of nitrogens with zero attached hydrogens (tertiary/aromatic N) is 1. The summed E-state index contributed by atoms with van der Waals surface area (Å²) in [6, 6.07) is 4.12. The number of nitrogens with one attached hydrogen (secondary N) is 2. The molecule has 1 aliphatic carbocycles. The molecule has 2 heterocycles. The Labute approximate surface area is 216 Å². The normalized spacial score (nSPS) is 19.0. The van der Waals surface area contributed by atoms with Crippen LogP contribution in [0, 0.1) is 17.7 Å². The Morgan fingerprint density at radius 3 is 2.92 bits per heavy atom. The van der Waals surface area contributed by atoms with Gasteiger partial charge in [-0.3, -0.25) is 9.59 Å². The lowest BCUT2D eigenvalue weighted by molar-refractivity contribution is 0.0883. The maximum absolute atomic E-state index is 13.3. The molecular weight excluding hydrogens is 531 g/mol. The standard InChI is InChI=1S/C23H26ClFN4O5S2/c1-36(32,33)19(26)14-4-2-13(6-14)9-34-10-15-11-35-23-18(15)21(30)28-20(29-23)22(31)27-8-12-3-5-17(25)16(24)7-12/h3,5,7,11,13-14,19H,2,4,6,8-10,26H2,1H3,(H,27,31)(H,28,29,30). The maximum Gasteiger partial charge on any atom is 0.287 e. The van der Waals surface area contributed by atoms with E-state index in [1.165, 1.54) is 29.5 Å². The van der Waals surface area contributed by atoms with Gasteiger partial charge in [-0.05, 0) is 54.2 Å². The van der Waals surface area contributed by atoms with Gasteiger partial charge in [0.1, 0.15) is 16.0 Å². The number of H-pyrrole nitrogens is 1.